The van der Waals surface area contributed by atoms with Crippen molar-refractivity contribution in [3.05, 3.63) is 26.6 Å². The van der Waals surface area contributed by atoms with E-state index >= 15 is 0 Å². The number of thiophene rings is 1. The Morgan fingerprint density at radius 3 is 2.63 bits per heavy atom. The topological polar surface area (TPSA) is 37.8 Å². The zero-order valence-corrected chi connectivity index (χ0v) is 14.2. The lowest BCUT2D eigenvalue weighted by Crippen LogP contribution is -2.06. The number of nitrogens with one attached hydrogen (secondary N) is 1. The molecule has 0 spiro atoms. The van der Waals surface area contributed by atoms with Crippen molar-refractivity contribution in [1.29, 1.82) is 0 Å². The molecule has 102 valence electrons. The third-order valence-corrected chi connectivity index (χ3v) is 4.57. The molecule has 19 heavy (non-hydrogen) atoms. The highest BCUT2D eigenvalue weighted by molar-refractivity contribution is 9.10. The molecule has 2 heterocycles. The molecule has 0 saturated heterocycles. The van der Waals surface area contributed by atoms with Crippen LogP contribution in [-0.2, 0) is 0 Å². The maximum atomic E-state index is 5.98. The largest absolute Gasteiger partial charge is 0.369 e. The number of anilines is 1. The molecule has 0 amide bonds. The fourth-order valence-corrected chi connectivity index (χ4v) is 3.43. The van der Waals surface area contributed by atoms with E-state index in [-0.39, 0.29) is 0 Å². The van der Waals surface area contributed by atoms with E-state index < -0.39 is 0 Å². The maximum absolute atomic E-state index is 5.98. The molecular formula is C13H15BrClN3S. The molecular weight excluding hydrogens is 346 g/mol. The van der Waals surface area contributed by atoms with Crippen molar-refractivity contribution in [2.24, 2.45) is 0 Å². The van der Waals surface area contributed by atoms with Crippen LogP contribution >= 0.6 is 38.9 Å². The number of rotatable bonds is 4. The van der Waals surface area contributed by atoms with Gasteiger partial charge in [0.15, 0.2) is 5.82 Å². The Balaban J connectivity index is 2.55. The zero-order valence-electron chi connectivity index (χ0n) is 11.0. The van der Waals surface area contributed by atoms with Gasteiger partial charge in [0.25, 0.3) is 0 Å². The van der Waals surface area contributed by atoms with Crippen molar-refractivity contribution in [2.45, 2.75) is 26.7 Å². The van der Waals surface area contributed by atoms with Crippen LogP contribution in [0.1, 0.15) is 32.4 Å². The second-order valence-corrected chi connectivity index (χ2v) is 6.89. The minimum atomic E-state index is 0.323. The van der Waals surface area contributed by atoms with Crippen molar-refractivity contribution < 1.29 is 0 Å². The first-order valence-electron chi connectivity index (χ1n) is 6.10. The van der Waals surface area contributed by atoms with Crippen LogP contribution in [0.25, 0.3) is 10.7 Å². The first-order chi connectivity index (χ1) is 9.02. The summed E-state index contributed by atoms with van der Waals surface area (Å²) < 4.78 is 1.69. The summed E-state index contributed by atoms with van der Waals surface area (Å²) in [5.74, 6) is 1.88. The molecule has 0 atom stereocenters. The van der Waals surface area contributed by atoms with Gasteiger partial charge < -0.3 is 5.32 Å². The van der Waals surface area contributed by atoms with Gasteiger partial charge >= 0.3 is 0 Å². The summed E-state index contributed by atoms with van der Waals surface area (Å²) in [6.07, 6.45) is 0. The van der Waals surface area contributed by atoms with E-state index in [1.807, 2.05) is 19.1 Å². The first kappa shape index (κ1) is 14.8. The van der Waals surface area contributed by atoms with Crippen molar-refractivity contribution in [1.82, 2.24) is 9.97 Å². The first-order valence-corrected chi connectivity index (χ1v) is 8.08. The summed E-state index contributed by atoms with van der Waals surface area (Å²) >= 11 is 11.1. The average Bonchev–Trinajstić information content (AvgIpc) is 2.78. The number of hydrogen-bond acceptors (Lipinski definition) is 4. The molecule has 0 aliphatic rings. The average molecular weight is 361 g/mol. The van der Waals surface area contributed by atoms with Gasteiger partial charge in [0, 0.05) is 6.54 Å². The number of hydrogen-bond donors (Lipinski definition) is 1. The second kappa shape index (κ2) is 6.20. The lowest BCUT2D eigenvalue weighted by molar-refractivity contribution is 0.810. The fraction of sp³-hybridized carbons (Fsp3) is 0.385. The summed E-state index contributed by atoms with van der Waals surface area (Å²) in [6.45, 7) is 7.10. The quantitative estimate of drug-likeness (QED) is 0.816. The van der Waals surface area contributed by atoms with E-state index in [0.29, 0.717) is 5.92 Å². The zero-order chi connectivity index (χ0) is 14.0. The maximum Gasteiger partial charge on any atom is 0.172 e. The Labute approximate surface area is 130 Å². The summed E-state index contributed by atoms with van der Waals surface area (Å²) in [5.41, 5.74) is 1.01. The smallest absolute Gasteiger partial charge is 0.172 e. The van der Waals surface area contributed by atoms with Gasteiger partial charge in [-0.05, 0) is 40.9 Å². The molecule has 0 aromatic carbocycles. The van der Waals surface area contributed by atoms with Crippen molar-refractivity contribution in [3.63, 3.8) is 0 Å². The lowest BCUT2D eigenvalue weighted by Gasteiger charge is -2.13. The van der Waals surface area contributed by atoms with Crippen LogP contribution < -0.4 is 5.32 Å². The van der Waals surface area contributed by atoms with Gasteiger partial charge in [-0.25, -0.2) is 9.97 Å². The van der Waals surface area contributed by atoms with Gasteiger partial charge in [0.2, 0.25) is 0 Å². The third-order valence-electron chi connectivity index (χ3n) is 2.56. The van der Waals surface area contributed by atoms with E-state index in [0.717, 1.165) is 37.6 Å². The molecule has 2 aromatic heterocycles. The summed E-state index contributed by atoms with van der Waals surface area (Å²) in [4.78, 5) is 10.2. The van der Waals surface area contributed by atoms with Crippen LogP contribution in [0.2, 0.25) is 4.34 Å². The molecule has 0 bridgehead atoms. The predicted octanol–water partition coefficient (Wildman–Crippen LogP) is 5.18. The highest BCUT2D eigenvalue weighted by atomic mass is 79.9. The summed E-state index contributed by atoms with van der Waals surface area (Å²) in [5, 5.41) is 3.26. The van der Waals surface area contributed by atoms with Gasteiger partial charge in [-0.15, -0.1) is 11.3 Å². The molecule has 6 heteroatoms. The van der Waals surface area contributed by atoms with Crippen molar-refractivity contribution in [3.8, 4) is 10.7 Å². The van der Waals surface area contributed by atoms with Gasteiger partial charge in [0.1, 0.15) is 5.82 Å². The highest BCUT2D eigenvalue weighted by Gasteiger charge is 2.16. The predicted molar refractivity (Wildman–Crippen MR) is 86.3 cm³/mol. The molecule has 0 aliphatic heterocycles. The minimum absolute atomic E-state index is 0.323. The Morgan fingerprint density at radius 1 is 1.37 bits per heavy atom. The molecule has 1 N–H and O–H groups in total. The van der Waals surface area contributed by atoms with E-state index in [2.05, 4.69) is 45.1 Å². The van der Waals surface area contributed by atoms with Gasteiger partial charge in [-0.3, -0.25) is 0 Å². The molecule has 0 saturated carbocycles. The van der Waals surface area contributed by atoms with Crippen LogP contribution in [0, 0.1) is 0 Å². The normalized spacial score (nSPS) is 11.1. The molecule has 0 radical (unpaired) electrons. The standard InChI is InChI=1S/C13H15BrClN3S/c1-4-16-13-10(14)11(7(2)3)17-12(18-13)8-5-6-9(15)19-8/h5-7H,4H2,1-3H3,(H,16,17,18). The molecule has 3 nitrogen and oxygen atoms in total. The molecule has 0 aliphatic carbocycles. The van der Waals surface area contributed by atoms with Gasteiger partial charge in [-0.1, -0.05) is 25.4 Å². The number of nitrogens with zero attached hydrogens (tertiary/aromatic N) is 2. The molecule has 0 unspecified atom stereocenters. The SMILES string of the molecule is CCNc1nc(-c2ccc(Cl)s2)nc(C(C)C)c1Br. The van der Waals surface area contributed by atoms with Gasteiger partial charge in [-0.2, -0.15) is 0 Å². The number of aromatic nitrogens is 2. The number of halogens is 2. The Kier molecular flexibility index (Phi) is 4.81. The van der Waals surface area contributed by atoms with Crippen molar-refractivity contribution in [2.75, 3.05) is 11.9 Å². The van der Waals surface area contributed by atoms with E-state index in [1.165, 1.54) is 11.3 Å². The fourth-order valence-electron chi connectivity index (χ4n) is 1.68. The van der Waals surface area contributed by atoms with Gasteiger partial charge in [0.05, 0.1) is 19.4 Å². The van der Waals surface area contributed by atoms with E-state index in [1.54, 1.807) is 0 Å². The van der Waals surface area contributed by atoms with Crippen LogP contribution in [-0.4, -0.2) is 16.5 Å². The molecule has 2 aromatic rings. The highest BCUT2D eigenvalue weighted by Crippen LogP contribution is 2.34. The lowest BCUT2D eigenvalue weighted by atomic mass is 10.1. The Hall–Kier alpha value is -0.650. The third kappa shape index (κ3) is 3.27. The Bertz CT molecular complexity index is 583. The van der Waals surface area contributed by atoms with E-state index in [9.17, 15) is 0 Å². The minimum Gasteiger partial charge on any atom is -0.369 e. The van der Waals surface area contributed by atoms with Crippen molar-refractivity contribution >= 4 is 44.7 Å². The summed E-state index contributed by atoms with van der Waals surface area (Å²) in [7, 11) is 0. The van der Waals surface area contributed by atoms with Crippen LogP contribution in [0.4, 0.5) is 5.82 Å². The van der Waals surface area contributed by atoms with Crippen LogP contribution in [0.15, 0.2) is 16.6 Å². The van der Waals surface area contributed by atoms with E-state index in [4.69, 9.17) is 11.6 Å². The van der Waals surface area contributed by atoms with Crippen LogP contribution in [0.5, 0.6) is 0 Å². The molecule has 2 rings (SSSR count). The monoisotopic (exact) mass is 359 g/mol. The van der Waals surface area contributed by atoms with Crippen LogP contribution in [0.3, 0.4) is 0 Å². The molecule has 0 fully saturated rings. The summed E-state index contributed by atoms with van der Waals surface area (Å²) in [6, 6.07) is 3.82. The Morgan fingerprint density at radius 2 is 2.11 bits per heavy atom. The second-order valence-electron chi connectivity index (χ2n) is 4.38.